The molecule has 1 fully saturated rings. The molecule has 2 aromatic rings. The second-order valence-corrected chi connectivity index (χ2v) is 6.06. The van der Waals surface area contributed by atoms with Crippen molar-refractivity contribution in [2.75, 3.05) is 5.32 Å². The van der Waals surface area contributed by atoms with Gasteiger partial charge >= 0.3 is 0 Å². The molecule has 0 aliphatic heterocycles. The average Bonchev–Trinajstić information content (AvgIpc) is 2.41. The molecule has 0 radical (unpaired) electrons. The summed E-state index contributed by atoms with van der Waals surface area (Å²) in [6, 6.07) is 8.27. The van der Waals surface area contributed by atoms with E-state index >= 15 is 0 Å². The van der Waals surface area contributed by atoms with Gasteiger partial charge in [0.25, 0.3) is 0 Å². The molecule has 0 spiro atoms. The van der Waals surface area contributed by atoms with E-state index in [9.17, 15) is 0 Å². The molecule has 1 heterocycles. The highest BCUT2D eigenvalue weighted by atomic mass is 15.2. The predicted molar refractivity (Wildman–Crippen MR) is 77.0 cm³/mol. The normalized spacial score (nSPS) is 22.3. The number of fused-ring (bicyclic) bond motifs is 1. The zero-order chi connectivity index (χ0) is 13.3. The van der Waals surface area contributed by atoms with Gasteiger partial charge in [-0.3, -0.25) is 0 Å². The summed E-state index contributed by atoms with van der Waals surface area (Å²) in [5, 5.41) is 11.9. The Hall–Kier alpha value is -1.71. The van der Waals surface area contributed by atoms with Crippen LogP contribution in [0, 0.1) is 5.41 Å². The molecule has 1 unspecified atom stereocenters. The van der Waals surface area contributed by atoms with Gasteiger partial charge in [-0.1, -0.05) is 38.8 Å². The largest absolute Gasteiger partial charge is 0.350 e. The van der Waals surface area contributed by atoms with E-state index in [1.54, 1.807) is 0 Å². The SMILES string of the molecule is CC1(C)CCCCC1Nc1nnc2ccccc2n1. The molecule has 3 rings (SSSR count). The van der Waals surface area contributed by atoms with Crippen LogP contribution in [0.15, 0.2) is 24.3 Å². The number of hydrogen-bond donors (Lipinski definition) is 1. The maximum absolute atomic E-state index is 4.55. The summed E-state index contributed by atoms with van der Waals surface area (Å²) in [5.74, 6) is 0.652. The molecule has 100 valence electrons. The molecule has 0 saturated heterocycles. The van der Waals surface area contributed by atoms with Crippen LogP contribution in [0.4, 0.5) is 5.95 Å². The number of para-hydroxylation sites is 1. The van der Waals surface area contributed by atoms with Gasteiger partial charge in [-0.05, 0) is 30.4 Å². The molecule has 1 aliphatic carbocycles. The predicted octanol–water partition coefficient (Wildman–Crippen LogP) is 3.41. The number of rotatable bonds is 2. The molecule has 1 aromatic heterocycles. The fourth-order valence-electron chi connectivity index (χ4n) is 2.86. The summed E-state index contributed by atoms with van der Waals surface area (Å²) in [4.78, 5) is 4.55. The smallest absolute Gasteiger partial charge is 0.243 e. The molecule has 1 aliphatic rings. The van der Waals surface area contributed by atoms with E-state index in [0.29, 0.717) is 17.4 Å². The highest BCUT2D eigenvalue weighted by Gasteiger charge is 2.32. The number of aromatic nitrogens is 3. The van der Waals surface area contributed by atoms with E-state index in [1.165, 1.54) is 25.7 Å². The number of hydrogen-bond acceptors (Lipinski definition) is 4. The third-order valence-electron chi connectivity index (χ3n) is 4.17. The summed E-state index contributed by atoms with van der Waals surface area (Å²) >= 11 is 0. The lowest BCUT2D eigenvalue weighted by Crippen LogP contribution is -2.39. The van der Waals surface area contributed by atoms with Crippen molar-refractivity contribution >= 4 is 17.0 Å². The zero-order valence-electron chi connectivity index (χ0n) is 11.6. The van der Waals surface area contributed by atoms with Crippen molar-refractivity contribution in [1.29, 1.82) is 0 Å². The van der Waals surface area contributed by atoms with Crippen molar-refractivity contribution in [3.8, 4) is 0 Å². The Labute approximate surface area is 113 Å². The summed E-state index contributed by atoms with van der Waals surface area (Å²) in [5.41, 5.74) is 2.04. The lowest BCUT2D eigenvalue weighted by atomic mass is 9.73. The van der Waals surface area contributed by atoms with E-state index in [1.807, 2.05) is 24.3 Å². The molecule has 4 nitrogen and oxygen atoms in total. The molecular formula is C15H20N4. The van der Waals surface area contributed by atoms with Crippen LogP contribution >= 0.6 is 0 Å². The third kappa shape index (κ3) is 2.53. The molecule has 19 heavy (non-hydrogen) atoms. The van der Waals surface area contributed by atoms with Gasteiger partial charge in [0.1, 0.15) is 5.52 Å². The van der Waals surface area contributed by atoms with Gasteiger partial charge in [-0.15, -0.1) is 10.2 Å². The van der Waals surface area contributed by atoms with Crippen molar-refractivity contribution in [2.24, 2.45) is 5.41 Å². The second-order valence-electron chi connectivity index (χ2n) is 6.06. The van der Waals surface area contributed by atoms with E-state index in [0.717, 1.165) is 11.0 Å². The van der Waals surface area contributed by atoms with Gasteiger partial charge in [-0.25, -0.2) is 4.98 Å². The fourth-order valence-corrected chi connectivity index (χ4v) is 2.86. The number of anilines is 1. The molecule has 1 N–H and O–H groups in total. The van der Waals surface area contributed by atoms with Crippen LogP contribution in [-0.2, 0) is 0 Å². The standard InChI is InChI=1S/C15H20N4/c1-15(2)10-6-5-9-13(15)17-14-16-11-7-3-4-8-12(11)18-19-14/h3-4,7-8,13H,5-6,9-10H2,1-2H3,(H,16,17,19). The van der Waals surface area contributed by atoms with Gasteiger partial charge in [-0.2, -0.15) is 0 Å². The van der Waals surface area contributed by atoms with Crippen LogP contribution in [0.25, 0.3) is 11.0 Å². The molecule has 0 bridgehead atoms. The highest BCUT2D eigenvalue weighted by molar-refractivity contribution is 5.74. The van der Waals surface area contributed by atoms with Gasteiger partial charge < -0.3 is 5.32 Å². The van der Waals surface area contributed by atoms with Gasteiger partial charge in [0, 0.05) is 6.04 Å². The quantitative estimate of drug-likeness (QED) is 0.894. The monoisotopic (exact) mass is 256 g/mol. The molecule has 1 saturated carbocycles. The molecule has 1 aromatic carbocycles. The second kappa shape index (κ2) is 4.76. The first kappa shape index (κ1) is 12.3. The maximum atomic E-state index is 4.55. The van der Waals surface area contributed by atoms with Crippen molar-refractivity contribution < 1.29 is 0 Å². The first-order chi connectivity index (χ1) is 9.15. The molecular weight excluding hydrogens is 236 g/mol. The number of benzene rings is 1. The summed E-state index contributed by atoms with van der Waals surface area (Å²) in [7, 11) is 0. The highest BCUT2D eigenvalue weighted by Crippen LogP contribution is 2.36. The third-order valence-corrected chi connectivity index (χ3v) is 4.17. The van der Waals surface area contributed by atoms with Crippen LogP contribution in [0.3, 0.4) is 0 Å². The zero-order valence-corrected chi connectivity index (χ0v) is 11.6. The van der Waals surface area contributed by atoms with Crippen molar-refractivity contribution in [3.63, 3.8) is 0 Å². The maximum Gasteiger partial charge on any atom is 0.243 e. The Morgan fingerprint density at radius 1 is 1.11 bits per heavy atom. The van der Waals surface area contributed by atoms with Crippen molar-refractivity contribution in [1.82, 2.24) is 15.2 Å². The van der Waals surface area contributed by atoms with E-state index in [4.69, 9.17) is 0 Å². The van der Waals surface area contributed by atoms with Crippen LogP contribution in [0.1, 0.15) is 39.5 Å². The van der Waals surface area contributed by atoms with Crippen LogP contribution in [-0.4, -0.2) is 21.2 Å². The Kier molecular flexibility index (Phi) is 3.09. The Bertz CT molecular complexity index is 579. The first-order valence-corrected chi connectivity index (χ1v) is 7.01. The average molecular weight is 256 g/mol. The lowest BCUT2D eigenvalue weighted by Gasteiger charge is -2.38. The lowest BCUT2D eigenvalue weighted by molar-refractivity contribution is 0.216. The van der Waals surface area contributed by atoms with Crippen LogP contribution < -0.4 is 5.32 Å². The Morgan fingerprint density at radius 2 is 1.89 bits per heavy atom. The van der Waals surface area contributed by atoms with Crippen molar-refractivity contribution in [3.05, 3.63) is 24.3 Å². The number of nitrogens with one attached hydrogen (secondary N) is 1. The van der Waals surface area contributed by atoms with Gasteiger partial charge in [0.2, 0.25) is 5.95 Å². The number of nitrogens with zero attached hydrogens (tertiary/aromatic N) is 3. The summed E-state index contributed by atoms with van der Waals surface area (Å²) in [6.07, 6.45) is 5.04. The van der Waals surface area contributed by atoms with E-state index < -0.39 is 0 Å². The van der Waals surface area contributed by atoms with E-state index in [2.05, 4.69) is 34.3 Å². The molecule has 1 atom stereocenters. The first-order valence-electron chi connectivity index (χ1n) is 7.01. The molecule has 4 heteroatoms. The van der Waals surface area contributed by atoms with Gasteiger partial charge in [0.05, 0.1) is 5.52 Å². The molecule has 0 amide bonds. The van der Waals surface area contributed by atoms with Crippen LogP contribution in [0.5, 0.6) is 0 Å². The topological polar surface area (TPSA) is 50.7 Å². The van der Waals surface area contributed by atoms with Crippen LogP contribution in [0.2, 0.25) is 0 Å². The fraction of sp³-hybridized carbons (Fsp3) is 0.533. The summed E-state index contributed by atoms with van der Waals surface area (Å²) in [6.45, 7) is 4.64. The van der Waals surface area contributed by atoms with Crippen molar-refractivity contribution in [2.45, 2.75) is 45.6 Å². The van der Waals surface area contributed by atoms with E-state index in [-0.39, 0.29) is 0 Å². The van der Waals surface area contributed by atoms with Gasteiger partial charge in [0.15, 0.2) is 0 Å². The minimum absolute atomic E-state index is 0.299. The summed E-state index contributed by atoms with van der Waals surface area (Å²) < 4.78 is 0. The minimum Gasteiger partial charge on any atom is -0.350 e. The minimum atomic E-state index is 0.299. The Morgan fingerprint density at radius 3 is 2.68 bits per heavy atom. The Balaban J connectivity index is 1.84.